The van der Waals surface area contributed by atoms with Crippen molar-refractivity contribution in [3.63, 3.8) is 0 Å². The summed E-state index contributed by atoms with van der Waals surface area (Å²) in [6.07, 6.45) is 1.95. The fourth-order valence-corrected chi connectivity index (χ4v) is 2.52. The third-order valence-corrected chi connectivity index (χ3v) is 3.76. The van der Waals surface area contributed by atoms with E-state index in [0.29, 0.717) is 10.4 Å². The molecule has 90 valence electrons. The van der Waals surface area contributed by atoms with E-state index in [1.54, 1.807) is 6.07 Å². The summed E-state index contributed by atoms with van der Waals surface area (Å²) < 4.78 is 19.2. The maximum atomic E-state index is 13.4. The van der Waals surface area contributed by atoms with Crippen LogP contribution in [0.3, 0.4) is 0 Å². The van der Waals surface area contributed by atoms with E-state index in [1.165, 1.54) is 6.07 Å². The van der Waals surface area contributed by atoms with Gasteiger partial charge in [0.2, 0.25) is 0 Å². The van der Waals surface area contributed by atoms with Gasteiger partial charge in [0.15, 0.2) is 0 Å². The molecule has 0 saturated carbocycles. The summed E-state index contributed by atoms with van der Waals surface area (Å²) >= 11 is 3.17. The molecule has 0 atom stereocenters. The summed E-state index contributed by atoms with van der Waals surface area (Å²) in [5.74, 6) is 1.08. The third-order valence-electron chi connectivity index (χ3n) is 3.15. The van der Waals surface area contributed by atoms with Gasteiger partial charge < -0.3 is 9.72 Å². The third kappa shape index (κ3) is 2.09. The van der Waals surface area contributed by atoms with Crippen LogP contribution < -0.4 is 0 Å². The van der Waals surface area contributed by atoms with Gasteiger partial charge in [-0.1, -0.05) is 0 Å². The number of imidazole rings is 1. The van der Waals surface area contributed by atoms with E-state index in [2.05, 4.69) is 25.9 Å². The van der Waals surface area contributed by atoms with Crippen molar-refractivity contribution in [1.29, 1.82) is 0 Å². The van der Waals surface area contributed by atoms with Crippen LogP contribution in [0.1, 0.15) is 24.6 Å². The largest absolute Gasteiger partial charge is 0.381 e. The molecule has 0 aliphatic carbocycles. The molecule has 2 heterocycles. The van der Waals surface area contributed by atoms with Crippen LogP contribution in [0.2, 0.25) is 0 Å². The van der Waals surface area contributed by atoms with Crippen LogP contribution in [-0.2, 0) is 4.74 Å². The van der Waals surface area contributed by atoms with Gasteiger partial charge in [0.1, 0.15) is 11.6 Å². The predicted molar refractivity (Wildman–Crippen MR) is 66.5 cm³/mol. The smallest absolute Gasteiger partial charge is 0.139 e. The molecule has 1 saturated heterocycles. The molecule has 0 amide bonds. The van der Waals surface area contributed by atoms with Crippen LogP contribution in [0.25, 0.3) is 11.0 Å². The van der Waals surface area contributed by atoms with Crippen LogP contribution in [0.15, 0.2) is 16.6 Å². The standard InChI is InChI=1S/C12H12BrFN2O/c13-8-5-10-11(6-9(8)14)16-12(15-10)7-1-3-17-4-2-7/h5-7H,1-4H2,(H,15,16). The van der Waals surface area contributed by atoms with Crippen LogP contribution >= 0.6 is 15.9 Å². The summed E-state index contributed by atoms with van der Waals surface area (Å²) in [6.45, 7) is 1.56. The zero-order valence-corrected chi connectivity index (χ0v) is 10.8. The first-order valence-electron chi connectivity index (χ1n) is 5.66. The summed E-state index contributed by atoms with van der Waals surface area (Å²) in [5, 5.41) is 0. The molecule has 5 heteroatoms. The second-order valence-electron chi connectivity index (χ2n) is 4.29. The number of aromatic amines is 1. The number of H-pyrrole nitrogens is 1. The minimum Gasteiger partial charge on any atom is -0.381 e. The van der Waals surface area contributed by atoms with E-state index in [-0.39, 0.29) is 5.82 Å². The molecule has 0 radical (unpaired) electrons. The van der Waals surface area contributed by atoms with Crippen LogP contribution in [0.5, 0.6) is 0 Å². The van der Waals surface area contributed by atoms with Gasteiger partial charge in [0.25, 0.3) is 0 Å². The molecule has 1 N–H and O–H groups in total. The van der Waals surface area contributed by atoms with Gasteiger partial charge in [0.05, 0.1) is 15.5 Å². The van der Waals surface area contributed by atoms with Gasteiger partial charge in [-0.15, -0.1) is 0 Å². The molecular weight excluding hydrogens is 287 g/mol. The van der Waals surface area contributed by atoms with Crippen molar-refractivity contribution in [2.75, 3.05) is 13.2 Å². The molecule has 1 aromatic carbocycles. The lowest BCUT2D eigenvalue weighted by Gasteiger charge is -2.19. The van der Waals surface area contributed by atoms with Crippen molar-refractivity contribution in [3.8, 4) is 0 Å². The van der Waals surface area contributed by atoms with Crippen molar-refractivity contribution in [2.45, 2.75) is 18.8 Å². The van der Waals surface area contributed by atoms with Gasteiger partial charge in [0, 0.05) is 25.2 Å². The number of halogens is 2. The fraction of sp³-hybridized carbons (Fsp3) is 0.417. The summed E-state index contributed by atoms with van der Waals surface area (Å²) in [7, 11) is 0. The molecule has 0 bridgehead atoms. The van der Waals surface area contributed by atoms with E-state index < -0.39 is 0 Å². The second kappa shape index (κ2) is 4.38. The highest BCUT2D eigenvalue weighted by Crippen LogP contribution is 2.28. The first-order chi connectivity index (χ1) is 8.24. The number of hydrogen-bond acceptors (Lipinski definition) is 2. The molecule has 17 heavy (non-hydrogen) atoms. The van der Waals surface area contributed by atoms with Crippen molar-refractivity contribution >= 4 is 27.0 Å². The van der Waals surface area contributed by atoms with Crippen molar-refractivity contribution < 1.29 is 9.13 Å². The second-order valence-corrected chi connectivity index (χ2v) is 5.15. The Morgan fingerprint density at radius 1 is 1.35 bits per heavy atom. The monoisotopic (exact) mass is 298 g/mol. The Bertz CT molecular complexity index is 510. The molecule has 2 aromatic rings. The summed E-state index contributed by atoms with van der Waals surface area (Å²) in [4.78, 5) is 7.74. The molecule has 1 aromatic heterocycles. The van der Waals surface area contributed by atoms with Gasteiger partial charge in [-0.2, -0.15) is 0 Å². The molecule has 1 aliphatic heterocycles. The molecule has 0 unspecified atom stereocenters. The van der Waals surface area contributed by atoms with Crippen molar-refractivity contribution in [1.82, 2.24) is 9.97 Å². The van der Waals surface area contributed by atoms with Gasteiger partial charge in [-0.25, -0.2) is 9.37 Å². The molecule has 3 rings (SSSR count). The number of nitrogens with one attached hydrogen (secondary N) is 1. The first-order valence-corrected chi connectivity index (χ1v) is 6.46. The fourth-order valence-electron chi connectivity index (χ4n) is 2.19. The number of benzene rings is 1. The molecule has 0 spiro atoms. The number of aromatic nitrogens is 2. The van der Waals surface area contributed by atoms with E-state index in [9.17, 15) is 4.39 Å². The zero-order valence-electron chi connectivity index (χ0n) is 9.17. The maximum absolute atomic E-state index is 13.4. The zero-order chi connectivity index (χ0) is 11.8. The maximum Gasteiger partial charge on any atom is 0.139 e. The lowest BCUT2D eigenvalue weighted by atomic mass is 10.00. The van der Waals surface area contributed by atoms with Crippen molar-refractivity contribution in [2.24, 2.45) is 0 Å². The summed E-state index contributed by atoms with van der Waals surface area (Å²) in [5.41, 5.74) is 1.56. The summed E-state index contributed by atoms with van der Waals surface area (Å²) in [6, 6.07) is 3.19. The number of ether oxygens (including phenoxy) is 1. The van der Waals surface area contributed by atoms with Crippen LogP contribution in [-0.4, -0.2) is 23.2 Å². The lowest BCUT2D eigenvalue weighted by Crippen LogP contribution is -2.15. The van der Waals surface area contributed by atoms with Gasteiger partial charge >= 0.3 is 0 Å². The highest BCUT2D eigenvalue weighted by molar-refractivity contribution is 9.10. The van der Waals surface area contributed by atoms with Crippen LogP contribution in [0, 0.1) is 5.82 Å². The Kier molecular flexibility index (Phi) is 2.88. The SMILES string of the molecule is Fc1cc2[nH]c(C3CCOCC3)nc2cc1Br. The van der Waals surface area contributed by atoms with E-state index in [4.69, 9.17) is 4.74 Å². The average Bonchev–Trinajstić information content (AvgIpc) is 2.74. The molecule has 3 nitrogen and oxygen atoms in total. The van der Waals surface area contributed by atoms with Crippen LogP contribution in [0.4, 0.5) is 4.39 Å². The minimum atomic E-state index is -0.264. The molecular formula is C12H12BrFN2O. The minimum absolute atomic E-state index is 0.264. The Morgan fingerprint density at radius 2 is 2.12 bits per heavy atom. The normalized spacial score (nSPS) is 17.8. The number of rotatable bonds is 1. The van der Waals surface area contributed by atoms with Gasteiger partial charge in [-0.3, -0.25) is 0 Å². The molecule has 1 fully saturated rings. The molecule has 1 aliphatic rings. The number of fused-ring (bicyclic) bond motifs is 1. The number of nitrogens with zero attached hydrogens (tertiary/aromatic N) is 1. The number of hydrogen-bond donors (Lipinski definition) is 1. The van der Waals surface area contributed by atoms with E-state index in [1.807, 2.05) is 0 Å². The Labute approximate surface area is 107 Å². The first kappa shape index (κ1) is 11.2. The predicted octanol–water partition coefficient (Wildman–Crippen LogP) is 3.36. The Hall–Kier alpha value is -0.940. The van der Waals surface area contributed by atoms with Gasteiger partial charge in [-0.05, 0) is 34.8 Å². The van der Waals surface area contributed by atoms with E-state index >= 15 is 0 Å². The highest BCUT2D eigenvalue weighted by atomic mass is 79.9. The lowest BCUT2D eigenvalue weighted by molar-refractivity contribution is 0.0838. The Balaban J connectivity index is 2.00. The highest BCUT2D eigenvalue weighted by Gasteiger charge is 2.19. The average molecular weight is 299 g/mol. The quantitative estimate of drug-likeness (QED) is 0.877. The Morgan fingerprint density at radius 3 is 2.88 bits per heavy atom. The van der Waals surface area contributed by atoms with E-state index in [0.717, 1.165) is 42.9 Å². The topological polar surface area (TPSA) is 37.9 Å². The van der Waals surface area contributed by atoms with Crippen molar-refractivity contribution in [3.05, 3.63) is 28.2 Å².